The third kappa shape index (κ3) is 1.52. The minimum Gasteiger partial charge on any atom is -0.481 e. The van der Waals surface area contributed by atoms with Crippen LogP contribution in [0.15, 0.2) is 12.1 Å². The standard InChI is InChI=1S/C13H11F3O3/c1-12-4-13(5-12,11(17)18)10(19-12)6-2-7(14)9(16)8(15)3-6/h2-3,10H,4-5H2,1H3,(H,17,18). The summed E-state index contributed by atoms with van der Waals surface area (Å²) in [6.07, 6.45) is -0.360. The first kappa shape index (κ1) is 12.5. The van der Waals surface area contributed by atoms with Crippen molar-refractivity contribution in [3.63, 3.8) is 0 Å². The first-order valence-electron chi connectivity index (χ1n) is 5.83. The molecule has 2 heterocycles. The number of halogens is 3. The molecule has 2 bridgehead atoms. The van der Waals surface area contributed by atoms with Crippen molar-refractivity contribution in [2.45, 2.75) is 31.5 Å². The molecule has 0 amide bonds. The Bertz CT molecular complexity index is 555. The third-order valence-corrected chi connectivity index (χ3v) is 4.02. The van der Waals surface area contributed by atoms with Gasteiger partial charge in [-0.1, -0.05) is 0 Å². The molecule has 1 saturated carbocycles. The summed E-state index contributed by atoms with van der Waals surface area (Å²) in [6.45, 7) is 1.75. The van der Waals surface area contributed by atoms with Gasteiger partial charge in [0.05, 0.1) is 11.7 Å². The summed E-state index contributed by atoms with van der Waals surface area (Å²) >= 11 is 0. The van der Waals surface area contributed by atoms with E-state index in [0.29, 0.717) is 12.8 Å². The fourth-order valence-electron chi connectivity index (χ4n) is 3.33. The molecule has 1 N–H and O–H groups in total. The average molecular weight is 272 g/mol. The molecule has 4 rings (SSSR count). The molecule has 102 valence electrons. The summed E-state index contributed by atoms with van der Waals surface area (Å²) in [5, 5.41) is 9.31. The van der Waals surface area contributed by atoms with Gasteiger partial charge < -0.3 is 9.84 Å². The van der Waals surface area contributed by atoms with Crippen molar-refractivity contribution in [2.24, 2.45) is 5.41 Å². The molecule has 3 aliphatic rings. The zero-order valence-corrected chi connectivity index (χ0v) is 10.0. The Kier molecular flexibility index (Phi) is 2.30. The minimum atomic E-state index is -1.57. The molecule has 1 aromatic rings. The second kappa shape index (κ2) is 3.50. The summed E-state index contributed by atoms with van der Waals surface area (Å²) in [5.74, 6) is -5.30. The fraction of sp³-hybridized carbons (Fsp3) is 0.462. The van der Waals surface area contributed by atoms with Gasteiger partial charge in [0.15, 0.2) is 17.5 Å². The van der Waals surface area contributed by atoms with E-state index in [1.165, 1.54) is 0 Å². The minimum absolute atomic E-state index is 0.0278. The number of carboxylic acid groups (broad SMARTS) is 1. The van der Waals surface area contributed by atoms with Gasteiger partial charge >= 0.3 is 5.97 Å². The predicted octanol–water partition coefficient (Wildman–Crippen LogP) is 2.80. The van der Waals surface area contributed by atoms with Gasteiger partial charge in [-0.3, -0.25) is 4.79 Å². The molecule has 6 heteroatoms. The second-order valence-corrected chi connectivity index (χ2v) is 5.56. The lowest BCUT2D eigenvalue weighted by molar-refractivity contribution is -0.154. The van der Waals surface area contributed by atoms with E-state index in [9.17, 15) is 23.1 Å². The van der Waals surface area contributed by atoms with Crippen molar-refractivity contribution in [1.29, 1.82) is 0 Å². The molecule has 1 aliphatic carbocycles. The summed E-state index contributed by atoms with van der Waals surface area (Å²) in [4.78, 5) is 11.4. The number of ether oxygens (including phenoxy) is 1. The largest absolute Gasteiger partial charge is 0.481 e. The number of carboxylic acids is 1. The third-order valence-electron chi connectivity index (χ3n) is 4.02. The zero-order chi connectivity index (χ0) is 14.0. The van der Waals surface area contributed by atoms with Crippen molar-refractivity contribution < 1.29 is 27.8 Å². The topological polar surface area (TPSA) is 46.5 Å². The van der Waals surface area contributed by atoms with E-state index in [2.05, 4.69) is 0 Å². The Hall–Kier alpha value is -1.56. The van der Waals surface area contributed by atoms with Crippen molar-refractivity contribution in [2.75, 3.05) is 0 Å². The maximum atomic E-state index is 13.2. The molecular formula is C13H11F3O3. The van der Waals surface area contributed by atoms with Crippen LogP contribution >= 0.6 is 0 Å². The highest BCUT2D eigenvalue weighted by Crippen LogP contribution is 2.67. The van der Waals surface area contributed by atoms with E-state index in [0.717, 1.165) is 12.1 Å². The number of hydrogen-bond donors (Lipinski definition) is 1. The van der Waals surface area contributed by atoms with Crippen LogP contribution in [0.2, 0.25) is 0 Å². The molecule has 0 spiro atoms. The van der Waals surface area contributed by atoms with Crippen LogP contribution in [0, 0.1) is 22.9 Å². The molecule has 3 fully saturated rings. The summed E-state index contributed by atoms with van der Waals surface area (Å²) < 4.78 is 45.0. The van der Waals surface area contributed by atoms with Gasteiger partial charge in [-0.05, 0) is 37.5 Å². The van der Waals surface area contributed by atoms with Gasteiger partial charge in [-0.15, -0.1) is 0 Å². The van der Waals surface area contributed by atoms with Crippen LogP contribution in [-0.4, -0.2) is 16.7 Å². The highest BCUT2D eigenvalue weighted by Gasteiger charge is 2.70. The lowest BCUT2D eigenvalue weighted by atomic mass is 9.60. The van der Waals surface area contributed by atoms with E-state index in [4.69, 9.17) is 4.74 Å². The first-order chi connectivity index (χ1) is 8.77. The smallest absolute Gasteiger partial charge is 0.312 e. The van der Waals surface area contributed by atoms with E-state index in [1.807, 2.05) is 0 Å². The van der Waals surface area contributed by atoms with Gasteiger partial charge in [0, 0.05) is 0 Å². The molecular weight excluding hydrogens is 261 g/mol. The average Bonchev–Trinajstić information content (AvgIpc) is 2.74. The van der Waals surface area contributed by atoms with Crippen LogP contribution in [0.4, 0.5) is 13.2 Å². The lowest BCUT2D eigenvalue weighted by Gasteiger charge is -2.39. The number of fused-ring (bicyclic) bond motifs is 1. The van der Waals surface area contributed by atoms with Gasteiger partial charge in [-0.2, -0.15) is 0 Å². The second-order valence-electron chi connectivity index (χ2n) is 5.56. The van der Waals surface area contributed by atoms with Crippen LogP contribution < -0.4 is 0 Å². The molecule has 19 heavy (non-hydrogen) atoms. The monoisotopic (exact) mass is 272 g/mol. The quantitative estimate of drug-likeness (QED) is 0.842. The number of aliphatic carboxylic acids is 1. The van der Waals surface area contributed by atoms with Gasteiger partial charge in [0.1, 0.15) is 5.41 Å². The van der Waals surface area contributed by atoms with Gasteiger partial charge in [0.25, 0.3) is 0 Å². The van der Waals surface area contributed by atoms with E-state index in [1.54, 1.807) is 6.92 Å². The highest BCUT2D eigenvalue weighted by atomic mass is 19.2. The number of carbonyl (C=O) groups is 1. The van der Waals surface area contributed by atoms with Gasteiger partial charge in [0.2, 0.25) is 0 Å². The van der Waals surface area contributed by atoms with Crippen molar-refractivity contribution >= 4 is 5.97 Å². The molecule has 1 atom stereocenters. The molecule has 0 radical (unpaired) electrons. The Morgan fingerprint density at radius 3 is 2.32 bits per heavy atom. The van der Waals surface area contributed by atoms with Crippen molar-refractivity contribution in [3.05, 3.63) is 35.1 Å². The molecule has 1 aromatic carbocycles. The van der Waals surface area contributed by atoms with Crippen LogP contribution in [0.3, 0.4) is 0 Å². The normalized spacial score (nSPS) is 36.1. The molecule has 2 aliphatic heterocycles. The van der Waals surface area contributed by atoms with E-state index in [-0.39, 0.29) is 5.56 Å². The van der Waals surface area contributed by atoms with Crippen LogP contribution in [0.5, 0.6) is 0 Å². The molecule has 1 unspecified atom stereocenters. The molecule has 3 nitrogen and oxygen atoms in total. The lowest BCUT2D eigenvalue weighted by Crippen LogP contribution is -2.47. The van der Waals surface area contributed by atoms with Crippen molar-refractivity contribution in [3.8, 4) is 0 Å². The van der Waals surface area contributed by atoms with E-state index >= 15 is 0 Å². The Morgan fingerprint density at radius 2 is 1.84 bits per heavy atom. The summed E-state index contributed by atoms with van der Waals surface area (Å²) in [7, 11) is 0. The predicted molar refractivity (Wildman–Crippen MR) is 57.8 cm³/mol. The number of rotatable bonds is 2. The first-order valence-corrected chi connectivity index (χ1v) is 5.83. The van der Waals surface area contributed by atoms with Crippen LogP contribution in [0.1, 0.15) is 31.4 Å². The number of hydrogen-bond acceptors (Lipinski definition) is 2. The molecule has 0 aromatic heterocycles. The fourth-order valence-corrected chi connectivity index (χ4v) is 3.33. The van der Waals surface area contributed by atoms with Crippen molar-refractivity contribution in [1.82, 2.24) is 0 Å². The number of benzene rings is 1. The maximum absolute atomic E-state index is 13.2. The summed E-state index contributed by atoms with van der Waals surface area (Å²) in [5.41, 5.74) is -1.71. The Balaban J connectivity index is 2.06. The summed E-state index contributed by atoms with van der Waals surface area (Å²) in [6, 6.07) is 1.61. The Morgan fingerprint density at radius 1 is 1.32 bits per heavy atom. The van der Waals surface area contributed by atoms with E-state index < -0.39 is 40.5 Å². The Labute approximate surface area is 107 Å². The van der Waals surface area contributed by atoms with Crippen LogP contribution in [0.25, 0.3) is 0 Å². The SMILES string of the molecule is CC12CC(C(=O)O)(C1)C(c1cc(F)c(F)c(F)c1)O2. The van der Waals surface area contributed by atoms with Crippen LogP contribution in [-0.2, 0) is 9.53 Å². The highest BCUT2D eigenvalue weighted by molar-refractivity contribution is 5.78. The van der Waals surface area contributed by atoms with Gasteiger partial charge in [-0.25, -0.2) is 13.2 Å². The maximum Gasteiger partial charge on any atom is 0.312 e. The molecule has 2 saturated heterocycles. The zero-order valence-electron chi connectivity index (χ0n) is 10.0.